The Morgan fingerprint density at radius 3 is 2.50 bits per heavy atom. The molecule has 2 N–H and O–H groups in total. The fourth-order valence-electron chi connectivity index (χ4n) is 1.55. The second-order valence-corrected chi connectivity index (χ2v) is 3.84. The van der Waals surface area contributed by atoms with Crippen molar-refractivity contribution in [1.29, 1.82) is 0 Å². The summed E-state index contributed by atoms with van der Waals surface area (Å²) in [5.74, 6) is -0.300. The Morgan fingerprint density at radius 2 is 1.88 bits per heavy atom. The number of aromatic nitrogens is 2. The monoisotopic (exact) mass is 217 g/mol. The molecule has 0 aliphatic heterocycles. The number of hydrogen-bond donors (Lipinski definition) is 1. The molecule has 0 saturated carbocycles. The Labute approximate surface area is 93.2 Å². The zero-order chi connectivity index (χ0) is 11.6. The van der Waals surface area contributed by atoms with Gasteiger partial charge in [0, 0.05) is 18.0 Å². The predicted molar refractivity (Wildman–Crippen MR) is 59.1 cm³/mol. The molecule has 0 aliphatic rings. The van der Waals surface area contributed by atoms with E-state index < -0.39 is 5.54 Å². The van der Waals surface area contributed by atoms with Crippen molar-refractivity contribution < 1.29 is 4.39 Å². The van der Waals surface area contributed by atoms with Crippen molar-refractivity contribution in [3.63, 3.8) is 0 Å². The summed E-state index contributed by atoms with van der Waals surface area (Å²) in [6.45, 7) is 1.81. The van der Waals surface area contributed by atoms with E-state index in [9.17, 15) is 4.39 Å². The van der Waals surface area contributed by atoms with Crippen molar-refractivity contribution >= 4 is 0 Å². The van der Waals surface area contributed by atoms with Crippen LogP contribution in [-0.2, 0) is 5.54 Å². The smallest absolute Gasteiger partial charge is 0.123 e. The van der Waals surface area contributed by atoms with Gasteiger partial charge in [-0.2, -0.15) is 0 Å². The summed E-state index contributed by atoms with van der Waals surface area (Å²) in [6, 6.07) is 6.24. The molecule has 82 valence electrons. The molecule has 4 heteroatoms. The van der Waals surface area contributed by atoms with Gasteiger partial charge in [0.15, 0.2) is 0 Å². The first-order chi connectivity index (χ1) is 7.60. The number of benzene rings is 1. The molecule has 1 unspecified atom stereocenters. The molecule has 0 spiro atoms. The maximum absolute atomic E-state index is 13.1. The van der Waals surface area contributed by atoms with E-state index >= 15 is 0 Å². The van der Waals surface area contributed by atoms with E-state index in [1.807, 2.05) is 0 Å². The zero-order valence-electron chi connectivity index (χ0n) is 8.89. The first-order valence-electron chi connectivity index (χ1n) is 4.91. The van der Waals surface area contributed by atoms with E-state index in [2.05, 4.69) is 9.97 Å². The van der Waals surface area contributed by atoms with Crippen molar-refractivity contribution in [3.05, 3.63) is 59.9 Å². The minimum absolute atomic E-state index is 0.300. The van der Waals surface area contributed by atoms with Crippen LogP contribution in [0.3, 0.4) is 0 Å². The lowest BCUT2D eigenvalue weighted by Gasteiger charge is -2.24. The summed E-state index contributed by atoms with van der Waals surface area (Å²) in [4.78, 5) is 7.83. The minimum Gasteiger partial charge on any atom is -0.318 e. The van der Waals surface area contributed by atoms with Crippen molar-refractivity contribution in [2.24, 2.45) is 5.73 Å². The topological polar surface area (TPSA) is 51.8 Å². The summed E-state index contributed by atoms with van der Waals surface area (Å²) in [6.07, 6.45) is 4.71. The van der Waals surface area contributed by atoms with Gasteiger partial charge in [0.05, 0.1) is 5.54 Å². The second-order valence-electron chi connectivity index (χ2n) is 3.84. The van der Waals surface area contributed by atoms with Crippen LogP contribution >= 0.6 is 0 Å². The van der Waals surface area contributed by atoms with Gasteiger partial charge in [-0.15, -0.1) is 0 Å². The first kappa shape index (κ1) is 10.7. The van der Waals surface area contributed by atoms with Gasteiger partial charge in [0.1, 0.15) is 12.1 Å². The van der Waals surface area contributed by atoms with Crippen molar-refractivity contribution in [2.45, 2.75) is 12.5 Å². The van der Waals surface area contributed by atoms with E-state index in [-0.39, 0.29) is 5.82 Å². The van der Waals surface area contributed by atoms with E-state index in [1.165, 1.54) is 18.5 Å². The number of rotatable bonds is 2. The summed E-state index contributed by atoms with van der Waals surface area (Å²) in [5, 5.41) is 0. The molecule has 3 nitrogen and oxygen atoms in total. The van der Waals surface area contributed by atoms with Gasteiger partial charge in [-0.1, -0.05) is 12.1 Å². The van der Waals surface area contributed by atoms with Crippen LogP contribution in [0.15, 0.2) is 43.0 Å². The summed E-state index contributed by atoms with van der Waals surface area (Å²) in [5.41, 5.74) is 6.84. The highest BCUT2D eigenvalue weighted by atomic mass is 19.1. The number of halogens is 1. The standard InChI is InChI=1S/C12H12FN3/c1-12(14,10-6-15-8-16-7-10)9-3-2-4-11(13)5-9/h2-8H,14H2,1H3. The van der Waals surface area contributed by atoms with Crippen molar-refractivity contribution in [2.75, 3.05) is 0 Å². The molecule has 0 bridgehead atoms. The van der Waals surface area contributed by atoms with Gasteiger partial charge in [-0.05, 0) is 24.6 Å². The fourth-order valence-corrected chi connectivity index (χ4v) is 1.55. The van der Waals surface area contributed by atoms with Crippen LogP contribution in [0, 0.1) is 5.82 Å². The Hall–Kier alpha value is -1.81. The lowest BCUT2D eigenvalue weighted by atomic mass is 9.87. The van der Waals surface area contributed by atoms with Crippen molar-refractivity contribution in [1.82, 2.24) is 9.97 Å². The highest BCUT2D eigenvalue weighted by Crippen LogP contribution is 2.25. The summed E-state index contributed by atoms with van der Waals surface area (Å²) < 4.78 is 13.1. The Bertz CT molecular complexity index is 483. The van der Waals surface area contributed by atoms with E-state index in [0.29, 0.717) is 5.56 Å². The Morgan fingerprint density at radius 1 is 1.19 bits per heavy atom. The average Bonchev–Trinajstić information content (AvgIpc) is 2.30. The van der Waals surface area contributed by atoms with Crippen LogP contribution in [0.5, 0.6) is 0 Å². The lowest BCUT2D eigenvalue weighted by molar-refractivity contribution is 0.577. The Kier molecular flexibility index (Phi) is 2.66. The lowest BCUT2D eigenvalue weighted by Crippen LogP contribution is -2.34. The number of nitrogens with zero attached hydrogens (tertiary/aromatic N) is 2. The molecular weight excluding hydrogens is 205 g/mol. The summed E-state index contributed by atoms with van der Waals surface area (Å²) >= 11 is 0. The maximum Gasteiger partial charge on any atom is 0.123 e. The van der Waals surface area contributed by atoms with Gasteiger partial charge in [0.25, 0.3) is 0 Å². The van der Waals surface area contributed by atoms with Crippen LogP contribution in [0.4, 0.5) is 4.39 Å². The van der Waals surface area contributed by atoms with Crippen LogP contribution in [-0.4, -0.2) is 9.97 Å². The molecule has 0 aliphatic carbocycles. The molecule has 16 heavy (non-hydrogen) atoms. The highest BCUT2D eigenvalue weighted by molar-refractivity contribution is 5.34. The Balaban J connectivity index is 2.47. The molecule has 1 atom stereocenters. The van der Waals surface area contributed by atoms with E-state index in [1.54, 1.807) is 31.5 Å². The van der Waals surface area contributed by atoms with Gasteiger partial charge in [-0.25, -0.2) is 14.4 Å². The maximum atomic E-state index is 13.1. The van der Waals surface area contributed by atoms with E-state index in [4.69, 9.17) is 5.73 Å². The second kappa shape index (κ2) is 3.98. The molecule has 1 aromatic heterocycles. The van der Waals surface area contributed by atoms with Crippen LogP contribution in [0.2, 0.25) is 0 Å². The number of hydrogen-bond acceptors (Lipinski definition) is 3. The van der Waals surface area contributed by atoms with Crippen LogP contribution < -0.4 is 5.73 Å². The van der Waals surface area contributed by atoms with Gasteiger partial charge in [-0.3, -0.25) is 0 Å². The molecule has 0 amide bonds. The minimum atomic E-state index is -0.788. The van der Waals surface area contributed by atoms with Gasteiger partial charge < -0.3 is 5.73 Å². The zero-order valence-corrected chi connectivity index (χ0v) is 8.89. The predicted octanol–water partition coefficient (Wildman–Crippen LogP) is 1.84. The molecule has 1 aromatic carbocycles. The SMILES string of the molecule is CC(N)(c1cncnc1)c1cccc(F)c1. The van der Waals surface area contributed by atoms with E-state index in [0.717, 1.165) is 5.56 Å². The molecule has 1 heterocycles. The molecule has 0 radical (unpaired) electrons. The first-order valence-corrected chi connectivity index (χ1v) is 4.91. The largest absolute Gasteiger partial charge is 0.318 e. The highest BCUT2D eigenvalue weighted by Gasteiger charge is 2.24. The molecule has 2 aromatic rings. The van der Waals surface area contributed by atoms with Crippen LogP contribution in [0.1, 0.15) is 18.1 Å². The molecule has 0 fully saturated rings. The molecule has 2 rings (SSSR count). The number of nitrogens with two attached hydrogens (primary N) is 1. The third kappa shape index (κ3) is 1.92. The van der Waals surface area contributed by atoms with Crippen molar-refractivity contribution in [3.8, 4) is 0 Å². The van der Waals surface area contributed by atoms with Gasteiger partial charge >= 0.3 is 0 Å². The molecular formula is C12H12FN3. The average molecular weight is 217 g/mol. The quantitative estimate of drug-likeness (QED) is 0.835. The van der Waals surface area contributed by atoms with Crippen LogP contribution in [0.25, 0.3) is 0 Å². The third-order valence-electron chi connectivity index (χ3n) is 2.58. The van der Waals surface area contributed by atoms with Gasteiger partial charge in [0.2, 0.25) is 0 Å². The normalized spacial score (nSPS) is 14.4. The molecule has 0 saturated heterocycles. The third-order valence-corrected chi connectivity index (χ3v) is 2.58. The summed E-state index contributed by atoms with van der Waals surface area (Å²) in [7, 11) is 0. The fraction of sp³-hybridized carbons (Fsp3) is 0.167.